The van der Waals surface area contributed by atoms with E-state index in [1.807, 2.05) is 45.0 Å². The monoisotopic (exact) mass is 340 g/mol. The topological polar surface area (TPSA) is 50.4 Å². The summed E-state index contributed by atoms with van der Waals surface area (Å²) in [4.78, 5) is 12.4. The molecule has 0 fully saturated rings. The summed E-state index contributed by atoms with van der Waals surface area (Å²) in [6, 6.07) is 14.0. The fourth-order valence-electron chi connectivity index (χ4n) is 2.78. The summed E-state index contributed by atoms with van der Waals surface area (Å²) >= 11 is 0. The van der Waals surface area contributed by atoms with Gasteiger partial charge in [0.25, 0.3) is 0 Å². The van der Waals surface area contributed by atoms with Crippen LogP contribution in [0.5, 0.6) is 5.75 Å². The molecule has 0 aliphatic carbocycles. The summed E-state index contributed by atoms with van der Waals surface area (Å²) in [6.07, 6.45) is 0. The number of ether oxygens (including phenoxy) is 1. The largest absolute Gasteiger partial charge is 0.496 e. The summed E-state index contributed by atoms with van der Waals surface area (Å²) in [5.41, 5.74) is 4.53. The number of benzene rings is 2. The first-order valence-electron chi connectivity index (χ1n) is 8.64. The van der Waals surface area contributed by atoms with Gasteiger partial charge in [-0.1, -0.05) is 47.5 Å². The van der Waals surface area contributed by atoms with E-state index in [9.17, 15) is 4.79 Å². The van der Waals surface area contributed by atoms with Crippen molar-refractivity contribution < 1.29 is 9.53 Å². The third kappa shape index (κ3) is 5.33. The normalized spacial score (nSPS) is 13.2. The Labute approximate surface area is 150 Å². The molecule has 2 atom stereocenters. The van der Waals surface area contributed by atoms with Crippen LogP contribution in [0.4, 0.5) is 0 Å². The van der Waals surface area contributed by atoms with E-state index in [2.05, 4.69) is 35.8 Å². The number of aryl methyl sites for hydroxylation is 2. The van der Waals surface area contributed by atoms with Gasteiger partial charge in [0.05, 0.1) is 13.2 Å². The lowest BCUT2D eigenvalue weighted by atomic mass is 10.0. The number of amides is 1. The molecule has 2 aromatic carbocycles. The Morgan fingerprint density at radius 3 is 2.32 bits per heavy atom. The molecule has 0 unspecified atom stereocenters. The number of nitrogens with one attached hydrogen (secondary N) is 2. The molecule has 2 N–H and O–H groups in total. The fourth-order valence-corrected chi connectivity index (χ4v) is 2.78. The van der Waals surface area contributed by atoms with Crippen LogP contribution in [0.25, 0.3) is 0 Å². The molecule has 2 aromatic rings. The molecule has 0 aliphatic rings. The van der Waals surface area contributed by atoms with E-state index in [0.717, 1.165) is 16.9 Å². The van der Waals surface area contributed by atoms with Gasteiger partial charge in [0.1, 0.15) is 5.75 Å². The van der Waals surface area contributed by atoms with Gasteiger partial charge in [0.15, 0.2) is 0 Å². The van der Waals surface area contributed by atoms with E-state index < -0.39 is 0 Å². The highest BCUT2D eigenvalue weighted by atomic mass is 16.5. The number of rotatable bonds is 7. The van der Waals surface area contributed by atoms with Crippen molar-refractivity contribution in [2.45, 2.75) is 46.3 Å². The van der Waals surface area contributed by atoms with Crippen LogP contribution in [-0.4, -0.2) is 19.1 Å². The maximum absolute atomic E-state index is 12.4. The van der Waals surface area contributed by atoms with Crippen molar-refractivity contribution in [2.24, 2.45) is 0 Å². The van der Waals surface area contributed by atoms with Crippen molar-refractivity contribution in [3.8, 4) is 5.75 Å². The van der Waals surface area contributed by atoms with Crippen LogP contribution in [0.1, 0.15) is 42.1 Å². The van der Waals surface area contributed by atoms with Gasteiger partial charge >= 0.3 is 0 Å². The summed E-state index contributed by atoms with van der Waals surface area (Å²) < 4.78 is 5.44. The van der Waals surface area contributed by atoms with Crippen molar-refractivity contribution >= 4 is 5.91 Å². The lowest BCUT2D eigenvalue weighted by Gasteiger charge is -2.22. The molecule has 1 amide bonds. The minimum absolute atomic E-state index is 0.00924. The van der Waals surface area contributed by atoms with Crippen LogP contribution >= 0.6 is 0 Å². The van der Waals surface area contributed by atoms with E-state index in [0.29, 0.717) is 6.54 Å². The zero-order chi connectivity index (χ0) is 18.4. The Morgan fingerprint density at radius 2 is 1.68 bits per heavy atom. The molecule has 4 heteroatoms. The van der Waals surface area contributed by atoms with Crippen LogP contribution in [0.15, 0.2) is 42.5 Å². The highest BCUT2D eigenvalue weighted by Gasteiger charge is 2.18. The van der Waals surface area contributed by atoms with Gasteiger partial charge in [0.2, 0.25) is 5.91 Å². The van der Waals surface area contributed by atoms with Crippen molar-refractivity contribution in [3.63, 3.8) is 0 Å². The van der Waals surface area contributed by atoms with E-state index in [-0.39, 0.29) is 18.0 Å². The third-order valence-electron chi connectivity index (χ3n) is 4.33. The Hall–Kier alpha value is -2.33. The van der Waals surface area contributed by atoms with Gasteiger partial charge in [0, 0.05) is 18.2 Å². The third-order valence-corrected chi connectivity index (χ3v) is 4.33. The molecule has 0 heterocycles. The Morgan fingerprint density at radius 1 is 1.04 bits per heavy atom. The molecular weight excluding hydrogens is 312 g/mol. The standard InChI is InChI=1S/C21H28N2O2/c1-14-6-9-18(10-7-14)13-22-21(24)17(4)23-16(3)19-12-15(2)8-11-20(19)25-5/h6-12,16-17,23H,13H2,1-5H3,(H,22,24)/t16-,17-/m0/s1. The minimum atomic E-state index is -0.300. The number of hydrogen-bond acceptors (Lipinski definition) is 3. The number of hydrogen-bond donors (Lipinski definition) is 2. The second kappa shape index (κ2) is 8.67. The number of methoxy groups -OCH3 is 1. The van der Waals surface area contributed by atoms with Gasteiger partial charge in [-0.05, 0) is 39.3 Å². The summed E-state index contributed by atoms with van der Waals surface area (Å²) in [6.45, 7) is 8.56. The van der Waals surface area contributed by atoms with Crippen LogP contribution in [-0.2, 0) is 11.3 Å². The minimum Gasteiger partial charge on any atom is -0.496 e. The van der Waals surface area contributed by atoms with E-state index in [1.165, 1.54) is 11.1 Å². The first-order chi connectivity index (χ1) is 11.9. The van der Waals surface area contributed by atoms with Crippen molar-refractivity contribution in [1.82, 2.24) is 10.6 Å². The Kier molecular flexibility index (Phi) is 6.59. The molecule has 0 aliphatic heterocycles. The van der Waals surface area contributed by atoms with Gasteiger partial charge < -0.3 is 10.1 Å². The predicted octanol–water partition coefficient (Wildman–Crippen LogP) is 3.67. The molecule has 25 heavy (non-hydrogen) atoms. The molecule has 4 nitrogen and oxygen atoms in total. The lowest BCUT2D eigenvalue weighted by molar-refractivity contribution is -0.123. The first-order valence-corrected chi connectivity index (χ1v) is 8.64. The maximum Gasteiger partial charge on any atom is 0.237 e. The second-order valence-corrected chi connectivity index (χ2v) is 6.56. The van der Waals surface area contributed by atoms with Crippen LogP contribution in [0, 0.1) is 13.8 Å². The predicted molar refractivity (Wildman–Crippen MR) is 102 cm³/mol. The van der Waals surface area contributed by atoms with E-state index >= 15 is 0 Å². The molecule has 0 radical (unpaired) electrons. The van der Waals surface area contributed by atoms with Gasteiger partial charge in [-0.25, -0.2) is 0 Å². The first kappa shape index (κ1) is 19.0. The van der Waals surface area contributed by atoms with Crippen molar-refractivity contribution in [3.05, 3.63) is 64.7 Å². The molecular formula is C21H28N2O2. The Bertz CT molecular complexity index is 710. The molecule has 0 aromatic heterocycles. The summed E-state index contributed by atoms with van der Waals surface area (Å²) in [5, 5.41) is 6.33. The number of carbonyl (C=O) groups excluding carboxylic acids is 1. The lowest BCUT2D eigenvalue weighted by Crippen LogP contribution is -2.42. The van der Waals surface area contributed by atoms with E-state index in [4.69, 9.17) is 4.74 Å². The SMILES string of the molecule is COc1ccc(C)cc1[C@H](C)N[C@@H](C)C(=O)NCc1ccc(C)cc1. The van der Waals surface area contributed by atoms with Crippen LogP contribution in [0.2, 0.25) is 0 Å². The van der Waals surface area contributed by atoms with Crippen molar-refractivity contribution in [2.75, 3.05) is 7.11 Å². The van der Waals surface area contributed by atoms with E-state index in [1.54, 1.807) is 7.11 Å². The Balaban J connectivity index is 1.94. The van der Waals surface area contributed by atoms with Gasteiger partial charge in [-0.15, -0.1) is 0 Å². The molecule has 0 spiro atoms. The molecule has 0 saturated heterocycles. The fraction of sp³-hybridized carbons (Fsp3) is 0.381. The quantitative estimate of drug-likeness (QED) is 0.808. The summed E-state index contributed by atoms with van der Waals surface area (Å²) in [5.74, 6) is 0.817. The highest BCUT2D eigenvalue weighted by molar-refractivity contribution is 5.81. The smallest absolute Gasteiger partial charge is 0.237 e. The molecule has 0 saturated carbocycles. The molecule has 0 bridgehead atoms. The number of carbonyl (C=O) groups is 1. The zero-order valence-corrected chi connectivity index (χ0v) is 15.7. The van der Waals surface area contributed by atoms with Crippen LogP contribution in [0.3, 0.4) is 0 Å². The summed E-state index contributed by atoms with van der Waals surface area (Å²) in [7, 11) is 1.67. The molecule has 134 valence electrons. The van der Waals surface area contributed by atoms with Gasteiger partial charge in [-0.3, -0.25) is 10.1 Å². The zero-order valence-electron chi connectivity index (χ0n) is 15.7. The highest BCUT2D eigenvalue weighted by Crippen LogP contribution is 2.26. The molecule has 2 rings (SSSR count). The maximum atomic E-state index is 12.4. The average molecular weight is 340 g/mol. The average Bonchev–Trinajstić information content (AvgIpc) is 2.60. The second-order valence-electron chi connectivity index (χ2n) is 6.56. The van der Waals surface area contributed by atoms with Crippen LogP contribution < -0.4 is 15.4 Å². The van der Waals surface area contributed by atoms with Gasteiger partial charge in [-0.2, -0.15) is 0 Å². The van der Waals surface area contributed by atoms with Crippen molar-refractivity contribution in [1.29, 1.82) is 0 Å².